The molecule has 3 nitrogen and oxygen atoms in total. The number of hydrogen-bond donors (Lipinski definition) is 0. The van der Waals surface area contributed by atoms with E-state index in [1.54, 1.807) is 5.20 Å². The predicted octanol–water partition coefficient (Wildman–Crippen LogP) is 4.23. The van der Waals surface area contributed by atoms with Crippen molar-refractivity contribution in [1.82, 2.24) is 0 Å². The Balaban J connectivity index is 2.28. The molecule has 1 spiro atoms. The highest BCUT2D eigenvalue weighted by Gasteiger charge is 2.64. The highest BCUT2D eigenvalue weighted by Crippen LogP contribution is 2.52. The molecule has 0 N–H and O–H groups in total. The summed E-state index contributed by atoms with van der Waals surface area (Å²) in [6.07, 6.45) is 5.50. The molecule has 1 saturated carbocycles. The molecule has 0 amide bonds. The fourth-order valence-electron chi connectivity index (χ4n) is 4.47. The first kappa shape index (κ1) is 16.1. The molecule has 5 heteroatoms. The van der Waals surface area contributed by atoms with Crippen LogP contribution in [0, 0.1) is 5.21 Å². The van der Waals surface area contributed by atoms with Crippen LogP contribution in [0.2, 0.25) is 39.3 Å². The Labute approximate surface area is 136 Å². The van der Waals surface area contributed by atoms with Gasteiger partial charge in [-0.2, -0.15) is 4.74 Å². The van der Waals surface area contributed by atoms with E-state index in [4.69, 9.17) is 4.74 Å². The Bertz CT molecular complexity index is 620. The molecule has 3 aliphatic rings. The van der Waals surface area contributed by atoms with Gasteiger partial charge in [0, 0.05) is 12.0 Å². The van der Waals surface area contributed by atoms with Gasteiger partial charge in [0.15, 0.2) is 6.10 Å². The van der Waals surface area contributed by atoms with Gasteiger partial charge >= 0.3 is 5.90 Å². The lowest BCUT2D eigenvalue weighted by atomic mass is 9.83. The molecule has 22 heavy (non-hydrogen) atoms. The van der Waals surface area contributed by atoms with Gasteiger partial charge < -0.3 is 9.94 Å². The highest BCUT2D eigenvalue weighted by molar-refractivity contribution is 6.90. The van der Waals surface area contributed by atoms with Crippen molar-refractivity contribution in [3.05, 3.63) is 27.2 Å². The summed E-state index contributed by atoms with van der Waals surface area (Å²) in [5.41, 5.74) is 0.923. The Morgan fingerprint density at radius 2 is 1.82 bits per heavy atom. The number of hydroxylamine groups is 1. The topological polar surface area (TPSA) is 35.3 Å². The van der Waals surface area contributed by atoms with Gasteiger partial charge in [-0.05, 0) is 18.0 Å². The Morgan fingerprint density at radius 1 is 1.18 bits per heavy atom. The van der Waals surface area contributed by atoms with E-state index in [9.17, 15) is 5.21 Å². The molecule has 2 aliphatic carbocycles. The zero-order chi connectivity index (χ0) is 16.5. The van der Waals surface area contributed by atoms with E-state index in [0.717, 1.165) is 19.3 Å². The Kier molecular flexibility index (Phi) is 3.36. The average Bonchev–Trinajstić information content (AvgIpc) is 2.88. The van der Waals surface area contributed by atoms with E-state index in [1.807, 2.05) is 6.92 Å². The Hall–Kier alpha value is -0.816. The van der Waals surface area contributed by atoms with Crippen LogP contribution < -0.4 is 0 Å². The lowest BCUT2D eigenvalue weighted by Crippen LogP contribution is -2.54. The van der Waals surface area contributed by atoms with E-state index in [2.05, 4.69) is 45.4 Å². The van der Waals surface area contributed by atoms with E-state index < -0.39 is 21.7 Å². The first-order valence-electron chi connectivity index (χ1n) is 8.43. The third-order valence-corrected chi connectivity index (χ3v) is 9.84. The van der Waals surface area contributed by atoms with Crippen LogP contribution in [0.5, 0.6) is 0 Å². The quantitative estimate of drug-likeness (QED) is 0.430. The standard InChI is InChI=1S/C17H29NO2Si2/c1-12-18(19)17-10-8-9-13(17)11-14(21(2,3)4)15(16(17)20-12)22(5,6)7/h11,16H,8-10H2,1-7H3/t16-,17+/m0/s1. The van der Waals surface area contributed by atoms with Gasteiger partial charge in [0.1, 0.15) is 0 Å². The van der Waals surface area contributed by atoms with Crippen LogP contribution >= 0.6 is 0 Å². The van der Waals surface area contributed by atoms with E-state index in [0.29, 0.717) is 5.90 Å². The second-order valence-corrected chi connectivity index (χ2v) is 19.2. The van der Waals surface area contributed by atoms with Gasteiger partial charge in [0.2, 0.25) is 5.54 Å². The van der Waals surface area contributed by atoms with E-state index in [-0.39, 0.29) is 6.10 Å². The van der Waals surface area contributed by atoms with Crippen LogP contribution in [0.1, 0.15) is 26.2 Å². The van der Waals surface area contributed by atoms with Gasteiger partial charge in [0.05, 0.1) is 23.1 Å². The molecule has 1 aliphatic heterocycles. The molecule has 3 rings (SSSR count). The lowest BCUT2D eigenvalue weighted by molar-refractivity contribution is -0.528. The summed E-state index contributed by atoms with van der Waals surface area (Å²) in [6.45, 7) is 16.3. The minimum atomic E-state index is -1.57. The van der Waals surface area contributed by atoms with Crippen molar-refractivity contribution in [2.75, 3.05) is 0 Å². The number of ether oxygens (including phenoxy) is 1. The SMILES string of the molecule is CC1=[N+]([O-])[C@]23CCCC2=CC([Si](C)(C)C)=C([Si](C)(C)C)[C@@H]3O1. The fraction of sp³-hybridized carbons (Fsp3) is 0.706. The van der Waals surface area contributed by atoms with Crippen molar-refractivity contribution in [2.45, 2.75) is 77.1 Å². The number of allylic oxidation sites excluding steroid dienone is 2. The Morgan fingerprint density at radius 3 is 2.36 bits per heavy atom. The van der Waals surface area contributed by atoms with Gasteiger partial charge in [-0.15, -0.1) is 0 Å². The first-order valence-corrected chi connectivity index (χ1v) is 15.4. The summed E-state index contributed by atoms with van der Waals surface area (Å²) in [5, 5.41) is 16.0. The summed E-state index contributed by atoms with van der Waals surface area (Å²) in [7, 11) is -3.04. The summed E-state index contributed by atoms with van der Waals surface area (Å²) in [4.78, 5) is 0. The third kappa shape index (κ3) is 2.01. The largest absolute Gasteiger partial charge is 0.621 e. The number of hydrogen-bond acceptors (Lipinski definition) is 2. The normalized spacial score (nSPS) is 32.0. The summed E-state index contributed by atoms with van der Waals surface area (Å²) < 4.78 is 7.44. The molecule has 1 heterocycles. The maximum Gasteiger partial charge on any atom is 0.346 e. The minimum absolute atomic E-state index is 0.0270. The van der Waals surface area contributed by atoms with Crippen LogP contribution in [0.15, 0.2) is 22.0 Å². The minimum Gasteiger partial charge on any atom is -0.621 e. The van der Waals surface area contributed by atoms with Crippen LogP contribution in [0.25, 0.3) is 0 Å². The summed E-state index contributed by atoms with van der Waals surface area (Å²) >= 11 is 0. The lowest BCUT2D eigenvalue weighted by Gasteiger charge is -2.41. The molecule has 122 valence electrons. The molecule has 0 radical (unpaired) electrons. The van der Waals surface area contributed by atoms with Crippen LogP contribution in [-0.2, 0) is 4.74 Å². The molecule has 0 aromatic rings. The van der Waals surface area contributed by atoms with Crippen molar-refractivity contribution in [2.24, 2.45) is 0 Å². The van der Waals surface area contributed by atoms with Gasteiger partial charge in [0.25, 0.3) is 0 Å². The molecular formula is C17H29NO2Si2. The van der Waals surface area contributed by atoms with Gasteiger partial charge in [-0.1, -0.05) is 50.6 Å². The van der Waals surface area contributed by atoms with Crippen molar-refractivity contribution >= 4 is 22.0 Å². The molecule has 0 bridgehead atoms. The third-order valence-electron chi connectivity index (χ3n) is 5.42. The maximum atomic E-state index is 12.9. The second kappa shape index (κ2) is 4.60. The molecular weight excluding hydrogens is 306 g/mol. The molecule has 1 fully saturated rings. The molecule has 2 atom stereocenters. The van der Waals surface area contributed by atoms with Crippen molar-refractivity contribution in [3.8, 4) is 0 Å². The van der Waals surface area contributed by atoms with Crippen LogP contribution in [0.4, 0.5) is 0 Å². The van der Waals surface area contributed by atoms with Crippen LogP contribution in [0.3, 0.4) is 0 Å². The number of nitrogens with zero attached hydrogens (tertiary/aromatic N) is 1. The average molecular weight is 336 g/mol. The van der Waals surface area contributed by atoms with E-state index in [1.165, 1.54) is 15.5 Å². The van der Waals surface area contributed by atoms with Crippen molar-refractivity contribution < 1.29 is 9.48 Å². The van der Waals surface area contributed by atoms with Crippen molar-refractivity contribution in [1.29, 1.82) is 0 Å². The summed E-state index contributed by atoms with van der Waals surface area (Å²) in [5.74, 6) is 0.561. The van der Waals surface area contributed by atoms with E-state index >= 15 is 0 Å². The van der Waals surface area contributed by atoms with Crippen LogP contribution in [-0.4, -0.2) is 38.4 Å². The second-order valence-electron chi connectivity index (χ2n) is 9.09. The zero-order valence-electron chi connectivity index (χ0n) is 15.0. The van der Waals surface area contributed by atoms with Crippen molar-refractivity contribution in [3.63, 3.8) is 0 Å². The maximum absolute atomic E-state index is 12.9. The first-order chi connectivity index (χ1) is 9.99. The molecule has 0 unspecified atom stereocenters. The predicted molar refractivity (Wildman–Crippen MR) is 97.6 cm³/mol. The smallest absolute Gasteiger partial charge is 0.346 e. The zero-order valence-corrected chi connectivity index (χ0v) is 17.0. The fourth-order valence-corrected chi connectivity index (χ4v) is 10.2. The van der Waals surface area contributed by atoms with Gasteiger partial charge in [-0.25, -0.2) is 0 Å². The molecule has 0 aromatic carbocycles. The highest BCUT2D eigenvalue weighted by atomic mass is 28.3. The summed E-state index contributed by atoms with van der Waals surface area (Å²) in [6, 6.07) is 0. The molecule has 0 aromatic heterocycles. The van der Waals surface area contributed by atoms with Gasteiger partial charge in [-0.3, -0.25) is 0 Å². The number of rotatable bonds is 2. The monoisotopic (exact) mass is 335 g/mol. The molecule has 0 saturated heterocycles.